The lowest BCUT2D eigenvalue weighted by Gasteiger charge is -2.57. The molecule has 0 aliphatic heterocycles. The Hall–Kier alpha value is -0.320. The van der Waals surface area contributed by atoms with Crippen LogP contribution in [0.1, 0.15) is 53.4 Å². The fourth-order valence-electron chi connectivity index (χ4n) is 4.68. The van der Waals surface area contributed by atoms with Crippen molar-refractivity contribution in [2.75, 3.05) is 19.8 Å². The molecule has 15 heteroatoms. The first-order valence-electron chi connectivity index (χ1n) is 11.0. The van der Waals surface area contributed by atoms with Crippen LogP contribution in [-0.2, 0) is 19.2 Å². The lowest BCUT2D eigenvalue weighted by atomic mass is 9.49. The van der Waals surface area contributed by atoms with Crippen LogP contribution in [0.5, 0.6) is 0 Å². The van der Waals surface area contributed by atoms with Crippen LogP contribution in [0.25, 0.3) is 0 Å². The number of alkyl halides is 4. The average molecular weight is 794 g/mol. The number of halogens is 4. The van der Waals surface area contributed by atoms with Gasteiger partial charge in [-0.2, -0.15) is 0 Å². The van der Waals surface area contributed by atoms with Gasteiger partial charge < -0.3 is 35.7 Å². The molecule has 11 nitrogen and oxygen atoms in total. The van der Waals surface area contributed by atoms with Gasteiger partial charge in [0.1, 0.15) is 17.3 Å². The molecular weight excluding hydrogens is 760 g/mol. The Labute approximate surface area is 248 Å². The molecule has 216 valence electrons. The highest BCUT2D eigenvalue weighted by molar-refractivity contribution is 9.10. The van der Waals surface area contributed by atoms with Crippen molar-refractivity contribution in [1.82, 2.24) is 0 Å². The molecular formula is C22H34Br4O11. The highest BCUT2D eigenvalue weighted by atomic mass is 79.9. The average Bonchev–Trinajstić information content (AvgIpc) is 2.73. The zero-order chi connectivity index (χ0) is 29.8. The zero-order valence-electron chi connectivity index (χ0n) is 20.8. The van der Waals surface area contributed by atoms with E-state index in [4.69, 9.17) is 0 Å². The van der Waals surface area contributed by atoms with Gasteiger partial charge in [-0.25, -0.2) is 0 Å². The van der Waals surface area contributed by atoms with Gasteiger partial charge in [0.25, 0.3) is 0 Å². The number of aliphatic hydroxyl groups is 3. The maximum Gasteiger partial charge on any atom is 0.320 e. The van der Waals surface area contributed by atoms with E-state index in [2.05, 4.69) is 63.7 Å². The second kappa shape index (κ2) is 12.9. The molecule has 0 rings (SSSR count). The molecule has 0 heterocycles. The van der Waals surface area contributed by atoms with Crippen LogP contribution in [-0.4, -0.2) is 96.7 Å². The van der Waals surface area contributed by atoms with Crippen LogP contribution >= 0.6 is 63.7 Å². The van der Waals surface area contributed by atoms with E-state index in [1.807, 2.05) is 0 Å². The quantitative estimate of drug-likeness (QED) is 0.107. The molecule has 0 amide bonds. The number of rotatable bonds is 17. The van der Waals surface area contributed by atoms with Crippen molar-refractivity contribution in [3.63, 3.8) is 0 Å². The van der Waals surface area contributed by atoms with Gasteiger partial charge >= 0.3 is 23.9 Å². The summed E-state index contributed by atoms with van der Waals surface area (Å²) in [6.07, 6.45) is -1.88. The van der Waals surface area contributed by atoms with Gasteiger partial charge in [0, 0.05) is 5.41 Å². The van der Waals surface area contributed by atoms with Crippen molar-refractivity contribution in [3.05, 3.63) is 0 Å². The van der Waals surface area contributed by atoms with Gasteiger partial charge in [-0.15, -0.1) is 0 Å². The number of aliphatic hydroxyl groups excluding tert-OH is 3. The van der Waals surface area contributed by atoms with E-state index in [0.717, 1.165) is 0 Å². The number of hydrogen-bond donors (Lipinski definition) is 7. The third kappa shape index (κ3) is 8.34. The minimum atomic E-state index is -1.99. The molecule has 0 saturated carbocycles. The molecule has 4 unspecified atom stereocenters. The summed E-state index contributed by atoms with van der Waals surface area (Å²) >= 11 is 12.5. The van der Waals surface area contributed by atoms with Gasteiger partial charge in [0.05, 0.1) is 19.8 Å². The molecule has 0 radical (unpaired) electrons. The molecule has 0 fully saturated rings. The van der Waals surface area contributed by atoms with Gasteiger partial charge in [-0.3, -0.25) is 19.2 Å². The Morgan fingerprint density at radius 3 is 1.00 bits per heavy atom. The topological polar surface area (TPSA) is 210 Å². The van der Waals surface area contributed by atoms with Crippen LogP contribution < -0.4 is 0 Å². The number of carboxylic acids is 4. The summed E-state index contributed by atoms with van der Waals surface area (Å²) in [5.74, 6) is -6.71. The Kier molecular flexibility index (Phi) is 12.8. The largest absolute Gasteiger partial charge is 0.480 e. The number of hydrogen-bond acceptors (Lipinski definition) is 7. The van der Waals surface area contributed by atoms with E-state index < -0.39 is 103 Å². The second-order valence-corrected chi connectivity index (χ2v) is 17.4. The minimum Gasteiger partial charge on any atom is -0.480 e. The molecule has 0 aromatic heterocycles. The summed E-state index contributed by atoms with van der Waals surface area (Å²) in [6, 6.07) is 0. The lowest BCUT2D eigenvalue weighted by molar-refractivity contribution is -0.164. The van der Waals surface area contributed by atoms with E-state index in [9.17, 15) is 54.9 Å². The third-order valence-electron chi connectivity index (χ3n) is 7.08. The summed E-state index contributed by atoms with van der Waals surface area (Å²) in [5.41, 5.74) is -3.89. The first-order valence-corrected chi connectivity index (χ1v) is 14.1. The van der Waals surface area contributed by atoms with Crippen molar-refractivity contribution < 1.29 is 54.9 Å². The Morgan fingerprint density at radius 1 is 0.568 bits per heavy atom. The minimum absolute atomic E-state index is 0.399. The predicted molar refractivity (Wildman–Crippen MR) is 148 cm³/mol. The zero-order valence-corrected chi connectivity index (χ0v) is 27.1. The Balaban J connectivity index is 7.95. The molecule has 0 aliphatic rings. The van der Waals surface area contributed by atoms with Gasteiger partial charge in [0.15, 0.2) is 0 Å². The van der Waals surface area contributed by atoms with E-state index in [0.29, 0.717) is 0 Å². The summed E-state index contributed by atoms with van der Waals surface area (Å²) in [6.45, 7) is 2.19. The van der Waals surface area contributed by atoms with E-state index in [1.54, 1.807) is 0 Å². The van der Waals surface area contributed by atoms with Crippen molar-refractivity contribution in [2.45, 2.75) is 70.7 Å². The first-order chi connectivity index (χ1) is 16.4. The molecule has 0 spiro atoms. The highest BCUT2D eigenvalue weighted by Crippen LogP contribution is 2.61. The van der Waals surface area contributed by atoms with Crippen LogP contribution in [0, 0.1) is 16.7 Å². The maximum absolute atomic E-state index is 12.2. The first kappa shape index (κ1) is 36.7. The van der Waals surface area contributed by atoms with Crippen molar-refractivity contribution in [3.8, 4) is 0 Å². The monoisotopic (exact) mass is 790 g/mol. The summed E-state index contributed by atoms with van der Waals surface area (Å²) in [5, 5.41) is 71.2. The Bertz CT molecular complexity index is 802. The smallest absolute Gasteiger partial charge is 0.320 e. The molecule has 0 bridgehead atoms. The number of aliphatic carboxylic acids is 4. The van der Waals surface area contributed by atoms with Gasteiger partial charge in [0.2, 0.25) is 0 Å². The molecule has 4 atom stereocenters. The summed E-state index contributed by atoms with van der Waals surface area (Å²) in [4.78, 5) is 48.7. The van der Waals surface area contributed by atoms with Crippen molar-refractivity contribution >= 4 is 87.6 Å². The van der Waals surface area contributed by atoms with E-state index in [1.165, 1.54) is 27.7 Å². The Morgan fingerprint density at radius 2 is 0.811 bits per heavy atom. The summed E-state index contributed by atoms with van der Waals surface area (Å²) in [7, 11) is 0. The normalized spacial score (nSPS) is 21.3. The summed E-state index contributed by atoms with van der Waals surface area (Å²) < 4.78 is -7.13. The van der Waals surface area contributed by atoms with Crippen LogP contribution in [0.4, 0.5) is 0 Å². The molecule has 7 N–H and O–H groups in total. The predicted octanol–water partition coefficient (Wildman–Crippen LogP) is 3.07. The number of carboxylic acid groups (broad SMARTS) is 4. The standard InChI is InChI=1S/C22H34Br4O11/c1-17(23,13(30)31)5-12(6-18(2,24)14(32)33)22(7-19(3,25)15(34)35,8-20(4,26)16(36)37)21(9-27,10-28)11-29/h12,27-29H,5-11H2,1-4H3,(H,30,31)(H,32,33)(H,34,35)(H,36,37). The fraction of sp³-hybridized carbons (Fsp3) is 0.818. The SMILES string of the molecule is CC(Br)(CC(CC(C)(Br)C(=O)O)C(CC(C)(Br)C(=O)O)(CC(C)(Br)C(=O)O)C(CO)(CO)CO)C(=O)O. The highest BCUT2D eigenvalue weighted by Gasteiger charge is 2.62. The van der Waals surface area contributed by atoms with Crippen LogP contribution in [0.2, 0.25) is 0 Å². The molecule has 37 heavy (non-hydrogen) atoms. The van der Waals surface area contributed by atoms with E-state index >= 15 is 0 Å². The van der Waals surface area contributed by atoms with Crippen LogP contribution in [0.15, 0.2) is 0 Å². The molecule has 0 aromatic carbocycles. The van der Waals surface area contributed by atoms with Crippen LogP contribution in [0.3, 0.4) is 0 Å². The van der Waals surface area contributed by atoms with Crippen molar-refractivity contribution in [2.24, 2.45) is 16.7 Å². The molecule has 0 aromatic rings. The van der Waals surface area contributed by atoms with Gasteiger partial charge in [-0.1, -0.05) is 63.7 Å². The van der Waals surface area contributed by atoms with Crippen molar-refractivity contribution in [1.29, 1.82) is 0 Å². The molecule has 0 aliphatic carbocycles. The lowest BCUT2D eigenvalue weighted by Crippen LogP contribution is -2.61. The van der Waals surface area contributed by atoms with E-state index in [-0.39, 0.29) is 0 Å². The number of carbonyl (C=O) groups is 4. The van der Waals surface area contributed by atoms with Gasteiger partial charge in [-0.05, 0) is 64.7 Å². The molecule has 0 saturated heterocycles. The second-order valence-electron chi connectivity index (χ2n) is 10.4. The third-order valence-corrected chi connectivity index (χ3v) is 9.65. The fourth-order valence-corrected chi connectivity index (χ4v) is 6.46. The maximum atomic E-state index is 12.2.